The van der Waals surface area contributed by atoms with Crippen LogP contribution in [0, 0.1) is 0 Å². The first-order chi connectivity index (χ1) is 5.52. The van der Waals surface area contributed by atoms with Crippen LogP contribution in [0.1, 0.15) is 0 Å². The molecule has 0 bridgehead atoms. The summed E-state index contributed by atoms with van der Waals surface area (Å²) in [7, 11) is 0. The first-order valence-corrected chi connectivity index (χ1v) is 3.44. The minimum atomic E-state index is -2.27. The molecule has 6 nitrogen and oxygen atoms in total. The second-order valence-corrected chi connectivity index (χ2v) is 2.55. The van der Waals surface area contributed by atoms with Crippen molar-refractivity contribution < 1.29 is 30.6 Å². The lowest BCUT2D eigenvalue weighted by atomic mass is 9.92. The molecule has 0 aliphatic rings. The standard InChI is InChI=1S/C6H14O6/c7-1-4(10)6(12,3-9)5(11)2-8/h4-5,7-12H,1-3H2/t4-,5+,6?. The molecule has 0 rings (SSSR count). The number of aliphatic hydroxyl groups is 6. The monoisotopic (exact) mass is 182 g/mol. The number of rotatable bonds is 5. The summed E-state index contributed by atoms with van der Waals surface area (Å²) < 4.78 is 0. The van der Waals surface area contributed by atoms with Gasteiger partial charge in [-0.05, 0) is 0 Å². The van der Waals surface area contributed by atoms with Crippen molar-refractivity contribution in [3.8, 4) is 0 Å². The third kappa shape index (κ3) is 2.13. The highest BCUT2D eigenvalue weighted by Crippen LogP contribution is 2.14. The summed E-state index contributed by atoms with van der Waals surface area (Å²) in [6.45, 7) is -2.57. The Kier molecular flexibility index (Phi) is 4.61. The maximum atomic E-state index is 9.29. The molecule has 0 aliphatic carbocycles. The van der Waals surface area contributed by atoms with Crippen LogP contribution >= 0.6 is 0 Å². The Morgan fingerprint density at radius 1 is 0.917 bits per heavy atom. The molecule has 0 aromatic heterocycles. The lowest BCUT2D eigenvalue weighted by Gasteiger charge is -2.33. The van der Waals surface area contributed by atoms with E-state index in [4.69, 9.17) is 25.5 Å². The molecule has 1 unspecified atom stereocenters. The van der Waals surface area contributed by atoms with Crippen molar-refractivity contribution in [2.75, 3.05) is 19.8 Å². The molecule has 0 fully saturated rings. The number of hydrogen-bond acceptors (Lipinski definition) is 6. The van der Waals surface area contributed by atoms with Gasteiger partial charge in [0.05, 0.1) is 19.8 Å². The Morgan fingerprint density at radius 2 is 1.25 bits per heavy atom. The molecule has 0 saturated heterocycles. The van der Waals surface area contributed by atoms with Crippen molar-refractivity contribution >= 4 is 0 Å². The second-order valence-electron chi connectivity index (χ2n) is 2.55. The van der Waals surface area contributed by atoms with Gasteiger partial charge in [-0.1, -0.05) is 0 Å². The van der Waals surface area contributed by atoms with Gasteiger partial charge in [-0.15, -0.1) is 0 Å². The minimum Gasteiger partial charge on any atom is -0.394 e. The van der Waals surface area contributed by atoms with Crippen LogP contribution in [0.3, 0.4) is 0 Å². The Hall–Kier alpha value is -0.240. The summed E-state index contributed by atoms with van der Waals surface area (Å²) in [6.07, 6.45) is -3.38. The van der Waals surface area contributed by atoms with Crippen LogP contribution in [0.15, 0.2) is 0 Å². The van der Waals surface area contributed by atoms with Gasteiger partial charge in [-0.25, -0.2) is 0 Å². The summed E-state index contributed by atoms with van der Waals surface area (Å²) in [6, 6.07) is 0. The predicted octanol–water partition coefficient (Wildman–Crippen LogP) is -3.58. The molecule has 12 heavy (non-hydrogen) atoms. The van der Waals surface area contributed by atoms with E-state index in [1.54, 1.807) is 0 Å². The summed E-state index contributed by atoms with van der Waals surface area (Å²) in [5.74, 6) is 0. The highest BCUT2D eigenvalue weighted by atomic mass is 16.4. The van der Waals surface area contributed by atoms with E-state index in [-0.39, 0.29) is 0 Å². The fourth-order valence-corrected chi connectivity index (χ4v) is 0.749. The van der Waals surface area contributed by atoms with Crippen LogP contribution in [0.2, 0.25) is 0 Å². The molecule has 6 heteroatoms. The van der Waals surface area contributed by atoms with Gasteiger partial charge in [-0.3, -0.25) is 0 Å². The van der Waals surface area contributed by atoms with Crippen LogP contribution in [0.25, 0.3) is 0 Å². The molecule has 0 saturated carbocycles. The molecule has 0 radical (unpaired) electrons. The Bertz CT molecular complexity index is 117. The fourth-order valence-electron chi connectivity index (χ4n) is 0.749. The number of aliphatic hydroxyl groups excluding tert-OH is 5. The molecular formula is C6H14O6. The van der Waals surface area contributed by atoms with E-state index in [0.717, 1.165) is 0 Å². The average molecular weight is 182 g/mol. The van der Waals surface area contributed by atoms with E-state index in [0.29, 0.717) is 0 Å². The van der Waals surface area contributed by atoms with Crippen LogP contribution in [-0.2, 0) is 0 Å². The van der Waals surface area contributed by atoms with E-state index in [2.05, 4.69) is 0 Å². The van der Waals surface area contributed by atoms with Crippen molar-refractivity contribution in [3.05, 3.63) is 0 Å². The van der Waals surface area contributed by atoms with E-state index >= 15 is 0 Å². The van der Waals surface area contributed by atoms with Gasteiger partial charge in [0.25, 0.3) is 0 Å². The van der Waals surface area contributed by atoms with Crippen LogP contribution in [-0.4, -0.2) is 68.3 Å². The first-order valence-electron chi connectivity index (χ1n) is 3.44. The van der Waals surface area contributed by atoms with E-state index in [9.17, 15) is 5.11 Å². The van der Waals surface area contributed by atoms with Gasteiger partial charge < -0.3 is 30.6 Å². The topological polar surface area (TPSA) is 121 Å². The smallest absolute Gasteiger partial charge is 0.144 e. The lowest BCUT2D eigenvalue weighted by Crippen LogP contribution is -2.57. The summed E-state index contributed by atoms with van der Waals surface area (Å²) >= 11 is 0. The molecule has 74 valence electrons. The van der Waals surface area contributed by atoms with Crippen molar-refractivity contribution in [2.45, 2.75) is 17.8 Å². The molecular weight excluding hydrogens is 168 g/mol. The van der Waals surface area contributed by atoms with E-state index < -0.39 is 37.6 Å². The highest BCUT2D eigenvalue weighted by Gasteiger charge is 2.41. The summed E-state index contributed by atoms with van der Waals surface area (Å²) in [4.78, 5) is 0. The fraction of sp³-hybridized carbons (Fsp3) is 1.00. The van der Waals surface area contributed by atoms with Gasteiger partial charge in [0.1, 0.15) is 17.8 Å². The van der Waals surface area contributed by atoms with Gasteiger partial charge in [0.2, 0.25) is 0 Å². The van der Waals surface area contributed by atoms with Gasteiger partial charge in [0.15, 0.2) is 0 Å². The molecule has 0 aromatic carbocycles. The summed E-state index contributed by atoms with van der Waals surface area (Å²) in [5.41, 5.74) is -2.27. The minimum absolute atomic E-state index is 0.811. The maximum Gasteiger partial charge on any atom is 0.144 e. The average Bonchev–Trinajstić information content (AvgIpc) is 2.13. The van der Waals surface area contributed by atoms with Crippen LogP contribution < -0.4 is 0 Å². The molecule has 0 spiro atoms. The van der Waals surface area contributed by atoms with Crippen LogP contribution in [0.4, 0.5) is 0 Å². The molecule has 0 aromatic rings. The van der Waals surface area contributed by atoms with Gasteiger partial charge in [0, 0.05) is 0 Å². The summed E-state index contributed by atoms with van der Waals surface area (Å²) in [5, 5.41) is 52.6. The zero-order chi connectivity index (χ0) is 9.78. The third-order valence-corrected chi connectivity index (χ3v) is 1.75. The van der Waals surface area contributed by atoms with Crippen LogP contribution in [0.5, 0.6) is 0 Å². The van der Waals surface area contributed by atoms with E-state index in [1.165, 1.54) is 0 Å². The van der Waals surface area contributed by atoms with Crippen molar-refractivity contribution in [2.24, 2.45) is 0 Å². The van der Waals surface area contributed by atoms with Crippen molar-refractivity contribution in [3.63, 3.8) is 0 Å². The van der Waals surface area contributed by atoms with Crippen molar-refractivity contribution in [1.29, 1.82) is 0 Å². The molecule has 0 heterocycles. The molecule has 0 amide bonds. The van der Waals surface area contributed by atoms with Gasteiger partial charge in [-0.2, -0.15) is 0 Å². The quantitative estimate of drug-likeness (QED) is 0.261. The normalized spacial score (nSPS) is 21.5. The zero-order valence-electron chi connectivity index (χ0n) is 6.46. The predicted molar refractivity (Wildman–Crippen MR) is 38.2 cm³/mol. The largest absolute Gasteiger partial charge is 0.394 e. The zero-order valence-corrected chi connectivity index (χ0v) is 6.46. The Balaban J connectivity index is 4.42. The highest BCUT2D eigenvalue weighted by molar-refractivity contribution is 4.92. The molecule has 6 N–H and O–H groups in total. The second kappa shape index (κ2) is 4.70. The first kappa shape index (κ1) is 11.8. The third-order valence-electron chi connectivity index (χ3n) is 1.75. The van der Waals surface area contributed by atoms with E-state index in [1.807, 2.05) is 0 Å². The van der Waals surface area contributed by atoms with Gasteiger partial charge >= 0.3 is 0 Å². The maximum absolute atomic E-state index is 9.29. The molecule has 0 aliphatic heterocycles. The Labute approximate surface area is 69.3 Å². The SMILES string of the molecule is OC[C@@H](O)C(O)(CO)[C@@H](O)CO. The molecule has 3 atom stereocenters. The number of hydrogen-bond donors (Lipinski definition) is 6. The Morgan fingerprint density at radius 3 is 1.42 bits per heavy atom. The van der Waals surface area contributed by atoms with Crippen molar-refractivity contribution in [1.82, 2.24) is 0 Å². The lowest BCUT2D eigenvalue weighted by molar-refractivity contribution is -0.185.